The summed E-state index contributed by atoms with van der Waals surface area (Å²) in [5, 5.41) is 2.06. The molecule has 0 fully saturated rings. The molecule has 0 aliphatic rings. The van der Waals surface area contributed by atoms with Crippen LogP contribution in [0.15, 0.2) is 24.3 Å². The molecule has 2 heteroatoms. The first-order valence-corrected chi connectivity index (χ1v) is 7.57. The second-order valence-corrected chi connectivity index (χ2v) is 5.55. The highest BCUT2D eigenvalue weighted by molar-refractivity contribution is 9.09. The lowest BCUT2D eigenvalue weighted by Crippen LogP contribution is -2.23. The molecule has 0 radical (unpaired) electrons. The highest BCUT2D eigenvalue weighted by atomic mass is 79.9. The molecule has 0 N–H and O–H groups in total. The largest absolute Gasteiger partial charge is 0.0922 e. The Balaban J connectivity index is 2.71. The van der Waals surface area contributed by atoms with Gasteiger partial charge in [-0.15, -0.1) is 0 Å². The van der Waals surface area contributed by atoms with Crippen LogP contribution in [0.2, 0.25) is 0 Å². The van der Waals surface area contributed by atoms with Gasteiger partial charge < -0.3 is 0 Å². The van der Waals surface area contributed by atoms with Crippen LogP contribution in [0.4, 0.5) is 0 Å². The van der Waals surface area contributed by atoms with Gasteiger partial charge in [0.15, 0.2) is 0 Å². The lowest BCUT2D eigenvalue weighted by atomic mass is 9.88. The molecule has 0 saturated carbocycles. The van der Waals surface area contributed by atoms with Gasteiger partial charge in [0.05, 0.1) is 0 Å². The molecule has 15 heavy (non-hydrogen) atoms. The minimum absolute atomic E-state index is 0.313. The van der Waals surface area contributed by atoms with Gasteiger partial charge in [-0.2, -0.15) is 0 Å². The molecule has 0 amide bonds. The summed E-state index contributed by atoms with van der Waals surface area (Å²) in [7, 11) is 0. The maximum absolute atomic E-state index is 3.59. The van der Waals surface area contributed by atoms with Crippen molar-refractivity contribution in [3.05, 3.63) is 35.4 Å². The van der Waals surface area contributed by atoms with Gasteiger partial charge >= 0.3 is 0 Å². The Morgan fingerprint density at radius 2 is 1.47 bits per heavy atom. The highest BCUT2D eigenvalue weighted by Gasteiger charge is 2.21. The summed E-state index contributed by atoms with van der Waals surface area (Å²) >= 11 is 7.18. The normalized spacial score (nSPS) is 11.7. The monoisotopic (exact) mass is 332 g/mol. The molecule has 0 aliphatic carbocycles. The SMILES string of the molecule is CCc1ccc(CC(C)(CBr)CBr)cc1. The summed E-state index contributed by atoms with van der Waals surface area (Å²) in [5.41, 5.74) is 3.15. The summed E-state index contributed by atoms with van der Waals surface area (Å²) < 4.78 is 0. The Morgan fingerprint density at radius 3 is 1.87 bits per heavy atom. The van der Waals surface area contributed by atoms with Gasteiger partial charge in [-0.05, 0) is 29.4 Å². The van der Waals surface area contributed by atoms with Crippen molar-refractivity contribution in [3.8, 4) is 0 Å². The molecular formula is C13H18Br2. The number of hydrogen-bond acceptors (Lipinski definition) is 0. The zero-order valence-electron chi connectivity index (χ0n) is 9.39. The molecule has 1 aromatic rings. The van der Waals surface area contributed by atoms with Crippen LogP contribution < -0.4 is 0 Å². The maximum atomic E-state index is 3.59. The van der Waals surface area contributed by atoms with E-state index in [1.807, 2.05) is 0 Å². The fourth-order valence-electron chi connectivity index (χ4n) is 1.52. The third-order valence-electron chi connectivity index (χ3n) is 2.71. The number of benzene rings is 1. The Labute approximate surface area is 110 Å². The maximum Gasteiger partial charge on any atom is 0.00965 e. The smallest absolute Gasteiger partial charge is 0.00965 e. The van der Waals surface area contributed by atoms with Crippen molar-refractivity contribution in [3.63, 3.8) is 0 Å². The van der Waals surface area contributed by atoms with Crippen LogP contribution in [0.1, 0.15) is 25.0 Å². The first-order valence-electron chi connectivity index (χ1n) is 5.33. The van der Waals surface area contributed by atoms with E-state index in [0.29, 0.717) is 5.41 Å². The Kier molecular flexibility index (Phi) is 5.34. The van der Waals surface area contributed by atoms with Crippen LogP contribution >= 0.6 is 31.9 Å². The molecule has 0 unspecified atom stereocenters. The summed E-state index contributed by atoms with van der Waals surface area (Å²) in [6, 6.07) is 8.97. The fraction of sp³-hybridized carbons (Fsp3) is 0.538. The van der Waals surface area contributed by atoms with E-state index in [1.54, 1.807) is 0 Å². The molecule has 0 aliphatic heterocycles. The van der Waals surface area contributed by atoms with Gasteiger partial charge in [0.2, 0.25) is 0 Å². The van der Waals surface area contributed by atoms with Crippen LogP contribution in [0.3, 0.4) is 0 Å². The average molecular weight is 334 g/mol. The van der Waals surface area contributed by atoms with Crippen molar-refractivity contribution >= 4 is 31.9 Å². The first kappa shape index (κ1) is 13.2. The molecule has 0 nitrogen and oxygen atoms in total. The molecule has 0 saturated heterocycles. The molecule has 0 heterocycles. The molecule has 1 rings (SSSR count). The van der Waals surface area contributed by atoms with Crippen molar-refractivity contribution in [1.82, 2.24) is 0 Å². The molecule has 0 atom stereocenters. The number of aryl methyl sites for hydroxylation is 1. The zero-order valence-corrected chi connectivity index (χ0v) is 12.6. The van der Waals surface area contributed by atoms with Crippen LogP contribution in [-0.2, 0) is 12.8 Å². The second-order valence-electron chi connectivity index (χ2n) is 4.42. The standard InChI is InChI=1S/C13H18Br2/c1-3-11-4-6-12(7-5-11)8-13(2,9-14)10-15/h4-7H,3,8-10H2,1-2H3. The van der Waals surface area contributed by atoms with Crippen molar-refractivity contribution in [2.45, 2.75) is 26.7 Å². The van der Waals surface area contributed by atoms with E-state index in [0.717, 1.165) is 23.5 Å². The summed E-state index contributed by atoms with van der Waals surface area (Å²) in [6.07, 6.45) is 2.24. The fourth-order valence-corrected chi connectivity index (χ4v) is 2.84. The van der Waals surface area contributed by atoms with Crippen LogP contribution in [0, 0.1) is 5.41 Å². The molecule has 84 valence electrons. The van der Waals surface area contributed by atoms with E-state index in [-0.39, 0.29) is 0 Å². The minimum Gasteiger partial charge on any atom is -0.0922 e. The first-order chi connectivity index (χ1) is 7.13. The summed E-state index contributed by atoms with van der Waals surface area (Å²) in [6.45, 7) is 4.49. The topological polar surface area (TPSA) is 0 Å². The predicted octanol–water partition coefficient (Wildman–Crippen LogP) is 4.59. The molecule has 0 aromatic heterocycles. The summed E-state index contributed by atoms with van der Waals surface area (Å²) in [4.78, 5) is 0. The van der Waals surface area contributed by atoms with Gasteiger partial charge in [-0.1, -0.05) is 70.0 Å². The van der Waals surface area contributed by atoms with Crippen LogP contribution in [0.5, 0.6) is 0 Å². The number of hydrogen-bond donors (Lipinski definition) is 0. The third-order valence-corrected chi connectivity index (χ3v) is 5.41. The Morgan fingerprint density at radius 1 is 1.00 bits per heavy atom. The third kappa shape index (κ3) is 3.92. The van der Waals surface area contributed by atoms with Crippen LogP contribution in [0.25, 0.3) is 0 Å². The van der Waals surface area contributed by atoms with E-state index in [9.17, 15) is 0 Å². The minimum atomic E-state index is 0.313. The van der Waals surface area contributed by atoms with E-state index in [2.05, 4.69) is 70.0 Å². The van der Waals surface area contributed by atoms with Crippen molar-refractivity contribution < 1.29 is 0 Å². The quantitative estimate of drug-likeness (QED) is 0.691. The second kappa shape index (κ2) is 6.05. The van der Waals surface area contributed by atoms with Gasteiger partial charge in [0.25, 0.3) is 0 Å². The molecule has 0 spiro atoms. The highest BCUT2D eigenvalue weighted by Crippen LogP contribution is 2.27. The van der Waals surface area contributed by atoms with E-state index in [4.69, 9.17) is 0 Å². The Hall–Kier alpha value is 0.180. The van der Waals surface area contributed by atoms with Gasteiger partial charge in [0.1, 0.15) is 0 Å². The Bertz CT molecular complexity index is 286. The summed E-state index contributed by atoms with van der Waals surface area (Å²) in [5.74, 6) is 0. The predicted molar refractivity (Wildman–Crippen MR) is 75.2 cm³/mol. The molecule has 1 aromatic carbocycles. The van der Waals surface area contributed by atoms with E-state index >= 15 is 0 Å². The average Bonchev–Trinajstić information content (AvgIpc) is 2.30. The number of alkyl halides is 2. The van der Waals surface area contributed by atoms with Crippen LogP contribution in [-0.4, -0.2) is 10.7 Å². The zero-order chi connectivity index (χ0) is 11.3. The lowest BCUT2D eigenvalue weighted by Gasteiger charge is -2.24. The van der Waals surface area contributed by atoms with E-state index in [1.165, 1.54) is 11.1 Å². The lowest BCUT2D eigenvalue weighted by molar-refractivity contribution is 0.438. The van der Waals surface area contributed by atoms with E-state index < -0.39 is 0 Å². The number of halogens is 2. The van der Waals surface area contributed by atoms with Crippen molar-refractivity contribution in [2.24, 2.45) is 5.41 Å². The molecular weight excluding hydrogens is 316 g/mol. The van der Waals surface area contributed by atoms with Gasteiger partial charge in [-0.3, -0.25) is 0 Å². The number of rotatable bonds is 5. The van der Waals surface area contributed by atoms with Crippen molar-refractivity contribution in [2.75, 3.05) is 10.7 Å². The van der Waals surface area contributed by atoms with Gasteiger partial charge in [-0.25, -0.2) is 0 Å². The van der Waals surface area contributed by atoms with Gasteiger partial charge in [0, 0.05) is 10.7 Å². The molecule has 0 bridgehead atoms. The van der Waals surface area contributed by atoms with Crippen molar-refractivity contribution in [1.29, 1.82) is 0 Å².